The Bertz CT molecular complexity index is 726. The average molecular weight is 237 g/mol. The molecule has 0 atom stereocenters. The van der Waals surface area contributed by atoms with Gasteiger partial charge in [0.2, 0.25) is 0 Å². The fraction of sp³-hybridized carbons (Fsp3) is 0.133. The van der Waals surface area contributed by atoms with Crippen molar-refractivity contribution in [3.05, 3.63) is 48.0 Å². The zero-order valence-corrected chi connectivity index (χ0v) is 10.5. The number of nitrogens with zero attached hydrogens (tertiary/aromatic N) is 2. The van der Waals surface area contributed by atoms with Crippen molar-refractivity contribution in [3.63, 3.8) is 0 Å². The molecule has 0 unspecified atom stereocenters. The first-order chi connectivity index (χ1) is 8.66. The molecule has 2 aromatic carbocycles. The van der Waals surface area contributed by atoms with Crippen molar-refractivity contribution in [3.8, 4) is 11.4 Å². The molecule has 3 rings (SSSR count). The van der Waals surface area contributed by atoms with Gasteiger partial charge in [-0.15, -0.1) is 0 Å². The summed E-state index contributed by atoms with van der Waals surface area (Å²) in [5.74, 6) is 0.947. The van der Waals surface area contributed by atoms with Gasteiger partial charge in [0, 0.05) is 18.3 Å². The molecule has 0 saturated heterocycles. The van der Waals surface area contributed by atoms with E-state index in [1.54, 1.807) is 0 Å². The number of aryl methyl sites for hydroxylation is 2. The summed E-state index contributed by atoms with van der Waals surface area (Å²) < 4.78 is 2.10. The van der Waals surface area contributed by atoms with Gasteiger partial charge in [-0.2, -0.15) is 0 Å². The molecule has 0 amide bonds. The molecule has 90 valence electrons. The third kappa shape index (κ3) is 1.56. The van der Waals surface area contributed by atoms with Gasteiger partial charge >= 0.3 is 0 Å². The van der Waals surface area contributed by atoms with E-state index in [1.807, 2.05) is 44.3 Å². The van der Waals surface area contributed by atoms with Crippen LogP contribution in [0.4, 0.5) is 5.69 Å². The molecule has 1 heterocycles. The summed E-state index contributed by atoms with van der Waals surface area (Å²) in [5.41, 5.74) is 11.1. The van der Waals surface area contributed by atoms with Crippen LogP contribution in [0.2, 0.25) is 0 Å². The first-order valence-electron chi connectivity index (χ1n) is 5.95. The number of para-hydroxylation sites is 2. The Kier molecular flexibility index (Phi) is 2.33. The summed E-state index contributed by atoms with van der Waals surface area (Å²) >= 11 is 0. The Morgan fingerprint density at radius 2 is 1.89 bits per heavy atom. The minimum atomic E-state index is 0.805. The summed E-state index contributed by atoms with van der Waals surface area (Å²) in [7, 11) is 2.03. The van der Waals surface area contributed by atoms with Gasteiger partial charge in [0.05, 0.1) is 11.0 Å². The smallest absolute Gasteiger partial charge is 0.140 e. The molecular weight excluding hydrogens is 222 g/mol. The summed E-state index contributed by atoms with van der Waals surface area (Å²) in [5, 5.41) is 0. The van der Waals surface area contributed by atoms with E-state index in [2.05, 4.69) is 21.7 Å². The number of rotatable bonds is 1. The van der Waals surface area contributed by atoms with Crippen LogP contribution in [-0.2, 0) is 7.05 Å². The number of nitrogen functional groups attached to an aromatic ring is 1. The zero-order chi connectivity index (χ0) is 12.7. The Balaban J connectivity index is 2.25. The number of nitrogens with two attached hydrogens (primary N) is 1. The van der Waals surface area contributed by atoms with Crippen molar-refractivity contribution in [2.24, 2.45) is 7.05 Å². The summed E-state index contributed by atoms with van der Waals surface area (Å²) in [6.07, 6.45) is 0. The molecule has 3 nitrogen and oxygen atoms in total. The highest BCUT2D eigenvalue weighted by atomic mass is 15.1. The summed E-state index contributed by atoms with van der Waals surface area (Å²) in [4.78, 5) is 4.66. The van der Waals surface area contributed by atoms with Gasteiger partial charge in [0.1, 0.15) is 5.82 Å². The third-order valence-corrected chi connectivity index (χ3v) is 3.32. The van der Waals surface area contributed by atoms with Crippen LogP contribution in [0, 0.1) is 6.92 Å². The molecule has 0 spiro atoms. The van der Waals surface area contributed by atoms with E-state index in [1.165, 1.54) is 0 Å². The van der Waals surface area contributed by atoms with Crippen LogP contribution in [0.3, 0.4) is 0 Å². The second kappa shape index (κ2) is 3.88. The second-order valence-electron chi connectivity index (χ2n) is 4.55. The number of hydrogen-bond donors (Lipinski definition) is 1. The number of imidazole rings is 1. The van der Waals surface area contributed by atoms with Gasteiger partial charge < -0.3 is 10.3 Å². The predicted molar refractivity (Wildman–Crippen MR) is 75.3 cm³/mol. The molecule has 0 fully saturated rings. The molecular formula is C15H15N3. The van der Waals surface area contributed by atoms with Crippen LogP contribution >= 0.6 is 0 Å². The lowest BCUT2D eigenvalue weighted by molar-refractivity contribution is 0.959. The lowest BCUT2D eigenvalue weighted by Gasteiger charge is -2.05. The Hall–Kier alpha value is -2.29. The van der Waals surface area contributed by atoms with Crippen LogP contribution in [0.5, 0.6) is 0 Å². The van der Waals surface area contributed by atoms with E-state index in [0.717, 1.165) is 33.7 Å². The van der Waals surface area contributed by atoms with Crippen molar-refractivity contribution >= 4 is 16.7 Å². The third-order valence-electron chi connectivity index (χ3n) is 3.32. The maximum Gasteiger partial charge on any atom is 0.140 e. The minimum Gasteiger partial charge on any atom is -0.398 e. The van der Waals surface area contributed by atoms with Crippen LogP contribution in [-0.4, -0.2) is 9.55 Å². The van der Waals surface area contributed by atoms with Crippen molar-refractivity contribution in [2.45, 2.75) is 6.92 Å². The van der Waals surface area contributed by atoms with E-state index >= 15 is 0 Å². The monoisotopic (exact) mass is 237 g/mol. The van der Waals surface area contributed by atoms with Crippen LogP contribution in [0.25, 0.3) is 22.4 Å². The fourth-order valence-electron chi connectivity index (χ4n) is 2.18. The average Bonchev–Trinajstić information content (AvgIpc) is 2.71. The maximum atomic E-state index is 5.97. The molecule has 3 heteroatoms. The van der Waals surface area contributed by atoms with Crippen LogP contribution < -0.4 is 5.73 Å². The largest absolute Gasteiger partial charge is 0.398 e. The van der Waals surface area contributed by atoms with Crippen molar-refractivity contribution in [1.29, 1.82) is 0 Å². The molecule has 0 saturated carbocycles. The summed E-state index contributed by atoms with van der Waals surface area (Å²) in [6, 6.07) is 14.2. The van der Waals surface area contributed by atoms with Gasteiger partial charge in [-0.05, 0) is 30.7 Å². The minimum absolute atomic E-state index is 0.805. The van der Waals surface area contributed by atoms with E-state index in [9.17, 15) is 0 Å². The maximum absolute atomic E-state index is 5.97. The zero-order valence-electron chi connectivity index (χ0n) is 10.5. The number of hydrogen-bond acceptors (Lipinski definition) is 2. The Morgan fingerprint density at radius 3 is 2.61 bits per heavy atom. The first kappa shape index (κ1) is 10.8. The van der Waals surface area contributed by atoms with Gasteiger partial charge in [0.25, 0.3) is 0 Å². The first-order valence-corrected chi connectivity index (χ1v) is 5.95. The van der Waals surface area contributed by atoms with E-state index < -0.39 is 0 Å². The predicted octanol–water partition coefficient (Wildman–Crippen LogP) is 3.13. The number of benzene rings is 2. The van der Waals surface area contributed by atoms with Gasteiger partial charge in [-0.3, -0.25) is 0 Å². The normalized spacial score (nSPS) is 11.0. The lowest BCUT2D eigenvalue weighted by Crippen LogP contribution is -1.95. The van der Waals surface area contributed by atoms with Crippen molar-refractivity contribution in [2.75, 3.05) is 5.73 Å². The molecule has 3 aromatic rings. The number of aromatic nitrogens is 2. The van der Waals surface area contributed by atoms with Gasteiger partial charge in [0.15, 0.2) is 0 Å². The van der Waals surface area contributed by atoms with Gasteiger partial charge in [-0.1, -0.05) is 24.3 Å². The highest BCUT2D eigenvalue weighted by molar-refractivity contribution is 5.81. The Morgan fingerprint density at radius 1 is 1.11 bits per heavy atom. The van der Waals surface area contributed by atoms with Crippen LogP contribution in [0.1, 0.15) is 5.56 Å². The Labute approximate surface area is 106 Å². The standard InChI is InChI=1S/C15H15N3/c1-10-7-8-11(9-12(10)16)15-17-13-5-3-4-6-14(13)18(15)2/h3-9H,16H2,1-2H3. The fourth-order valence-corrected chi connectivity index (χ4v) is 2.18. The molecule has 0 bridgehead atoms. The van der Waals surface area contributed by atoms with Crippen molar-refractivity contribution in [1.82, 2.24) is 9.55 Å². The number of anilines is 1. The van der Waals surface area contributed by atoms with E-state index in [4.69, 9.17) is 5.73 Å². The quantitative estimate of drug-likeness (QED) is 0.661. The second-order valence-corrected chi connectivity index (χ2v) is 4.55. The molecule has 18 heavy (non-hydrogen) atoms. The highest BCUT2D eigenvalue weighted by Gasteiger charge is 2.09. The molecule has 1 aromatic heterocycles. The molecule has 0 aliphatic rings. The number of fused-ring (bicyclic) bond motifs is 1. The molecule has 0 radical (unpaired) electrons. The molecule has 0 aliphatic heterocycles. The van der Waals surface area contributed by atoms with E-state index in [0.29, 0.717) is 0 Å². The molecule has 2 N–H and O–H groups in total. The van der Waals surface area contributed by atoms with Crippen LogP contribution in [0.15, 0.2) is 42.5 Å². The lowest BCUT2D eigenvalue weighted by atomic mass is 10.1. The topological polar surface area (TPSA) is 43.8 Å². The molecule has 0 aliphatic carbocycles. The summed E-state index contributed by atoms with van der Waals surface area (Å²) in [6.45, 7) is 2.01. The van der Waals surface area contributed by atoms with Crippen molar-refractivity contribution < 1.29 is 0 Å². The van der Waals surface area contributed by atoms with Gasteiger partial charge in [-0.25, -0.2) is 4.98 Å². The SMILES string of the molecule is Cc1ccc(-c2nc3ccccc3n2C)cc1N. The van der Waals surface area contributed by atoms with E-state index in [-0.39, 0.29) is 0 Å². The highest BCUT2D eigenvalue weighted by Crippen LogP contribution is 2.26.